The Morgan fingerprint density at radius 1 is 1.09 bits per heavy atom. The smallest absolute Gasteiger partial charge is 0.240 e. The molecule has 8 heteroatoms. The molecule has 1 amide bonds. The first kappa shape index (κ1) is 25.2. The van der Waals surface area contributed by atoms with Crippen molar-refractivity contribution in [2.75, 3.05) is 11.9 Å². The SMILES string of the molecule is CCCNc1cc(S(=O)(=O)NC2CCC(C(=O)N[C@H](C)c3ccc(F)cc3)CC2)ccc1C. The van der Waals surface area contributed by atoms with Crippen molar-refractivity contribution in [3.05, 3.63) is 59.4 Å². The summed E-state index contributed by atoms with van der Waals surface area (Å²) in [5.74, 6) is -0.506. The second kappa shape index (κ2) is 11.1. The molecule has 0 aromatic heterocycles. The van der Waals surface area contributed by atoms with Crippen molar-refractivity contribution in [2.24, 2.45) is 5.92 Å². The van der Waals surface area contributed by atoms with Crippen LogP contribution in [0.1, 0.15) is 63.1 Å². The highest BCUT2D eigenvalue weighted by molar-refractivity contribution is 7.89. The Labute approximate surface area is 196 Å². The van der Waals surface area contributed by atoms with Gasteiger partial charge in [0.25, 0.3) is 0 Å². The van der Waals surface area contributed by atoms with Gasteiger partial charge in [0.1, 0.15) is 5.82 Å². The van der Waals surface area contributed by atoms with Crippen LogP contribution in [0.3, 0.4) is 0 Å². The Bertz CT molecular complexity index is 1050. The van der Waals surface area contributed by atoms with Crippen molar-refractivity contribution < 1.29 is 17.6 Å². The van der Waals surface area contributed by atoms with E-state index in [0.29, 0.717) is 25.7 Å². The highest BCUT2D eigenvalue weighted by Gasteiger charge is 2.30. The molecule has 0 saturated heterocycles. The molecule has 3 rings (SSSR count). The second-order valence-electron chi connectivity index (χ2n) is 8.86. The Morgan fingerprint density at radius 2 is 1.76 bits per heavy atom. The lowest BCUT2D eigenvalue weighted by Gasteiger charge is -2.29. The van der Waals surface area contributed by atoms with Crippen LogP contribution < -0.4 is 15.4 Å². The number of anilines is 1. The zero-order valence-electron chi connectivity index (χ0n) is 19.5. The number of aryl methyl sites for hydroxylation is 1. The summed E-state index contributed by atoms with van der Waals surface area (Å²) in [4.78, 5) is 12.9. The van der Waals surface area contributed by atoms with Crippen LogP contribution in [0.25, 0.3) is 0 Å². The number of sulfonamides is 1. The molecule has 3 N–H and O–H groups in total. The molecule has 1 aliphatic rings. The van der Waals surface area contributed by atoms with Gasteiger partial charge in [-0.2, -0.15) is 0 Å². The van der Waals surface area contributed by atoms with Gasteiger partial charge in [0, 0.05) is 24.2 Å². The number of halogens is 1. The zero-order valence-corrected chi connectivity index (χ0v) is 20.3. The molecule has 33 heavy (non-hydrogen) atoms. The first-order valence-corrected chi connectivity index (χ1v) is 13.1. The Morgan fingerprint density at radius 3 is 2.39 bits per heavy atom. The monoisotopic (exact) mass is 475 g/mol. The predicted molar refractivity (Wildman–Crippen MR) is 129 cm³/mol. The zero-order chi connectivity index (χ0) is 24.0. The van der Waals surface area contributed by atoms with E-state index < -0.39 is 10.0 Å². The number of carbonyl (C=O) groups is 1. The van der Waals surface area contributed by atoms with Crippen LogP contribution >= 0.6 is 0 Å². The minimum absolute atomic E-state index is 0.0432. The van der Waals surface area contributed by atoms with Crippen molar-refractivity contribution in [2.45, 2.75) is 69.9 Å². The van der Waals surface area contributed by atoms with Crippen LogP contribution in [0.2, 0.25) is 0 Å². The fraction of sp³-hybridized carbons (Fsp3) is 0.480. The van der Waals surface area contributed by atoms with E-state index in [1.165, 1.54) is 12.1 Å². The van der Waals surface area contributed by atoms with E-state index in [0.717, 1.165) is 29.8 Å². The number of benzene rings is 2. The van der Waals surface area contributed by atoms with Crippen molar-refractivity contribution >= 4 is 21.6 Å². The highest BCUT2D eigenvalue weighted by atomic mass is 32.2. The minimum atomic E-state index is -3.64. The summed E-state index contributed by atoms with van der Waals surface area (Å²) in [6.45, 7) is 6.66. The van der Waals surface area contributed by atoms with E-state index in [1.54, 1.807) is 24.3 Å². The topological polar surface area (TPSA) is 87.3 Å². The number of rotatable bonds is 9. The average molecular weight is 476 g/mol. The molecule has 1 atom stereocenters. The number of carbonyl (C=O) groups excluding carboxylic acids is 1. The third kappa shape index (κ3) is 6.77. The number of nitrogens with one attached hydrogen (secondary N) is 3. The fourth-order valence-electron chi connectivity index (χ4n) is 4.15. The van der Waals surface area contributed by atoms with E-state index in [9.17, 15) is 17.6 Å². The third-order valence-corrected chi connectivity index (χ3v) is 7.75. The van der Waals surface area contributed by atoms with E-state index in [4.69, 9.17) is 0 Å². The third-order valence-electron chi connectivity index (χ3n) is 6.23. The summed E-state index contributed by atoms with van der Waals surface area (Å²) in [7, 11) is -3.64. The summed E-state index contributed by atoms with van der Waals surface area (Å²) in [6.07, 6.45) is 3.40. The average Bonchev–Trinajstić information content (AvgIpc) is 2.79. The minimum Gasteiger partial charge on any atom is -0.385 e. The molecule has 0 aliphatic heterocycles. The first-order valence-electron chi connectivity index (χ1n) is 11.6. The Balaban J connectivity index is 1.54. The van der Waals surface area contributed by atoms with Crippen LogP contribution in [0.5, 0.6) is 0 Å². The summed E-state index contributed by atoms with van der Waals surface area (Å²) < 4.78 is 41.8. The molecule has 2 aromatic carbocycles. The highest BCUT2D eigenvalue weighted by Crippen LogP contribution is 2.27. The molecule has 2 aromatic rings. The molecule has 6 nitrogen and oxygen atoms in total. The molecular weight excluding hydrogens is 441 g/mol. The molecule has 180 valence electrons. The number of hydrogen-bond acceptors (Lipinski definition) is 4. The van der Waals surface area contributed by atoms with Gasteiger partial charge in [-0.3, -0.25) is 4.79 Å². The molecule has 0 unspecified atom stereocenters. The van der Waals surface area contributed by atoms with Crippen LogP contribution in [-0.4, -0.2) is 26.9 Å². The van der Waals surface area contributed by atoms with Gasteiger partial charge in [0.15, 0.2) is 0 Å². The lowest BCUT2D eigenvalue weighted by Crippen LogP contribution is -2.41. The van der Waals surface area contributed by atoms with Crippen molar-refractivity contribution in [3.63, 3.8) is 0 Å². The first-order chi connectivity index (χ1) is 15.7. The van der Waals surface area contributed by atoms with Gasteiger partial charge in [0.2, 0.25) is 15.9 Å². The van der Waals surface area contributed by atoms with Gasteiger partial charge in [-0.05, 0) is 81.3 Å². The van der Waals surface area contributed by atoms with Gasteiger partial charge < -0.3 is 10.6 Å². The van der Waals surface area contributed by atoms with Crippen molar-refractivity contribution in [3.8, 4) is 0 Å². The standard InChI is InChI=1S/C25H34FN3O3S/c1-4-15-27-24-16-23(14-5-17(24)2)33(31,32)29-22-12-8-20(9-13-22)25(30)28-18(3)19-6-10-21(26)11-7-19/h5-7,10-11,14,16,18,20,22,27,29H,4,8-9,12-13,15H2,1-3H3,(H,28,30)/t18-,20?,22?/m1/s1. The molecule has 0 heterocycles. The predicted octanol–water partition coefficient (Wildman–Crippen LogP) is 4.67. The number of amides is 1. The maximum Gasteiger partial charge on any atom is 0.240 e. The van der Waals surface area contributed by atoms with Crippen molar-refractivity contribution in [1.29, 1.82) is 0 Å². The van der Waals surface area contributed by atoms with Crippen LogP contribution in [0, 0.1) is 18.7 Å². The molecule has 1 aliphatic carbocycles. The maximum atomic E-state index is 13.1. The molecule has 0 radical (unpaired) electrons. The fourth-order valence-corrected chi connectivity index (χ4v) is 5.48. The van der Waals surface area contributed by atoms with Gasteiger partial charge in [-0.1, -0.05) is 25.1 Å². The lowest BCUT2D eigenvalue weighted by molar-refractivity contribution is -0.126. The maximum absolute atomic E-state index is 13.1. The van der Waals surface area contributed by atoms with Gasteiger partial charge in [-0.15, -0.1) is 0 Å². The largest absolute Gasteiger partial charge is 0.385 e. The Kier molecular flexibility index (Phi) is 8.48. The van der Waals surface area contributed by atoms with Crippen LogP contribution in [0.4, 0.5) is 10.1 Å². The van der Waals surface area contributed by atoms with Gasteiger partial charge in [-0.25, -0.2) is 17.5 Å². The Hall–Kier alpha value is -2.45. The number of hydrogen-bond donors (Lipinski definition) is 3. The molecule has 1 saturated carbocycles. The molecule has 0 bridgehead atoms. The van der Waals surface area contributed by atoms with E-state index >= 15 is 0 Å². The summed E-state index contributed by atoms with van der Waals surface area (Å²) >= 11 is 0. The van der Waals surface area contributed by atoms with Gasteiger partial charge >= 0.3 is 0 Å². The quantitative estimate of drug-likeness (QED) is 0.492. The molecule has 0 spiro atoms. The molecular formula is C25H34FN3O3S. The van der Waals surface area contributed by atoms with E-state index in [1.807, 2.05) is 19.9 Å². The normalized spacial score (nSPS) is 19.6. The summed E-state index contributed by atoms with van der Waals surface area (Å²) in [6, 6.07) is 10.8. The van der Waals surface area contributed by atoms with Crippen LogP contribution in [0.15, 0.2) is 47.4 Å². The van der Waals surface area contributed by atoms with E-state index in [-0.39, 0.29) is 34.6 Å². The second-order valence-corrected chi connectivity index (χ2v) is 10.6. The van der Waals surface area contributed by atoms with Crippen molar-refractivity contribution in [1.82, 2.24) is 10.0 Å². The lowest BCUT2D eigenvalue weighted by atomic mass is 9.85. The van der Waals surface area contributed by atoms with Gasteiger partial charge in [0.05, 0.1) is 10.9 Å². The summed E-state index contributed by atoms with van der Waals surface area (Å²) in [5, 5.41) is 6.27. The summed E-state index contributed by atoms with van der Waals surface area (Å²) in [5.41, 5.74) is 2.68. The van der Waals surface area contributed by atoms with E-state index in [2.05, 4.69) is 22.3 Å². The van der Waals surface area contributed by atoms with Crippen LogP contribution in [-0.2, 0) is 14.8 Å². The molecule has 1 fully saturated rings.